The quantitative estimate of drug-likeness (QED) is 0.364. The highest BCUT2D eigenvalue weighted by Crippen LogP contribution is 2.31. The van der Waals surface area contributed by atoms with Crippen molar-refractivity contribution in [2.45, 2.75) is 19.8 Å². The highest BCUT2D eigenvalue weighted by atomic mass is 19.2. The fourth-order valence-electron chi connectivity index (χ4n) is 4.83. The van der Waals surface area contributed by atoms with E-state index >= 15 is 0 Å². The van der Waals surface area contributed by atoms with Gasteiger partial charge < -0.3 is 20.3 Å². The van der Waals surface area contributed by atoms with E-state index in [0.29, 0.717) is 35.2 Å². The average Bonchev–Trinajstić information content (AvgIpc) is 3.35. The minimum Gasteiger partial charge on any atom is -0.494 e. The van der Waals surface area contributed by atoms with Crippen molar-refractivity contribution < 1.29 is 18.3 Å². The van der Waals surface area contributed by atoms with E-state index in [1.807, 2.05) is 19.1 Å². The molecular formula is C28H30F2N6O2. The lowest BCUT2D eigenvalue weighted by Gasteiger charge is -2.29. The van der Waals surface area contributed by atoms with Crippen LogP contribution in [0.15, 0.2) is 48.9 Å². The molecule has 1 amide bonds. The molecule has 0 aliphatic carbocycles. The standard InChI is InChI=1S/C28H30F2N6O2/c1-17-14-19(4-5-20(17)28(37)33-15-18-8-11-35(2)12-9-18)34-26-27-32-16-22(36(27)13-10-31-26)21-6-7-23(38-3)25(30)24(21)29/h4-7,10,13-14,16,18H,8-9,11-12,15H2,1-3H3,(H,31,34)(H,33,37). The Hall–Kier alpha value is -4.05. The molecule has 0 unspecified atom stereocenters. The van der Waals surface area contributed by atoms with Gasteiger partial charge in [0, 0.05) is 35.8 Å². The largest absolute Gasteiger partial charge is 0.494 e. The Morgan fingerprint density at radius 2 is 1.92 bits per heavy atom. The molecule has 2 aromatic heterocycles. The summed E-state index contributed by atoms with van der Waals surface area (Å²) in [6, 6.07) is 8.30. The summed E-state index contributed by atoms with van der Waals surface area (Å²) in [6.45, 7) is 4.69. The Kier molecular flexibility index (Phi) is 7.24. The maximum absolute atomic E-state index is 14.7. The summed E-state index contributed by atoms with van der Waals surface area (Å²) in [4.78, 5) is 23.9. The number of methoxy groups -OCH3 is 1. The molecule has 10 heteroatoms. The Bertz CT molecular complexity index is 1480. The maximum atomic E-state index is 14.7. The molecule has 2 aromatic carbocycles. The van der Waals surface area contributed by atoms with Gasteiger partial charge in [-0.15, -0.1) is 0 Å². The van der Waals surface area contributed by atoms with Crippen molar-refractivity contribution in [1.82, 2.24) is 24.6 Å². The molecule has 1 aliphatic rings. The monoisotopic (exact) mass is 520 g/mol. The molecule has 1 saturated heterocycles. The van der Waals surface area contributed by atoms with E-state index in [9.17, 15) is 13.6 Å². The van der Waals surface area contributed by atoms with Crippen molar-refractivity contribution in [2.24, 2.45) is 5.92 Å². The van der Waals surface area contributed by atoms with Crippen LogP contribution in [0.25, 0.3) is 16.9 Å². The molecule has 3 heterocycles. The van der Waals surface area contributed by atoms with Crippen molar-refractivity contribution in [1.29, 1.82) is 0 Å². The lowest BCUT2D eigenvalue weighted by molar-refractivity contribution is 0.0938. The zero-order valence-electron chi connectivity index (χ0n) is 21.6. The molecule has 0 atom stereocenters. The molecule has 0 saturated carbocycles. The van der Waals surface area contributed by atoms with Crippen molar-refractivity contribution in [3.63, 3.8) is 0 Å². The Morgan fingerprint density at radius 1 is 1.13 bits per heavy atom. The Labute approximate surface area is 219 Å². The Morgan fingerprint density at radius 3 is 2.66 bits per heavy atom. The second-order valence-corrected chi connectivity index (χ2v) is 9.67. The fraction of sp³-hybridized carbons (Fsp3) is 0.321. The summed E-state index contributed by atoms with van der Waals surface area (Å²) in [5, 5.41) is 6.32. The summed E-state index contributed by atoms with van der Waals surface area (Å²) in [5.74, 6) is -1.38. The minimum absolute atomic E-state index is 0.0550. The summed E-state index contributed by atoms with van der Waals surface area (Å²) in [6.07, 6.45) is 6.83. The number of halogens is 2. The van der Waals surface area contributed by atoms with E-state index in [1.54, 1.807) is 22.9 Å². The number of anilines is 2. The van der Waals surface area contributed by atoms with Crippen LogP contribution >= 0.6 is 0 Å². The van der Waals surface area contributed by atoms with E-state index in [-0.39, 0.29) is 17.2 Å². The first kappa shape index (κ1) is 25.6. The van der Waals surface area contributed by atoms with Gasteiger partial charge in [0.05, 0.1) is 19.0 Å². The van der Waals surface area contributed by atoms with Gasteiger partial charge in [-0.25, -0.2) is 14.4 Å². The number of piperidine rings is 1. The molecule has 1 fully saturated rings. The number of hydrogen-bond acceptors (Lipinski definition) is 6. The fourth-order valence-corrected chi connectivity index (χ4v) is 4.83. The molecule has 8 nitrogen and oxygen atoms in total. The molecular weight excluding hydrogens is 490 g/mol. The van der Waals surface area contributed by atoms with Crippen LogP contribution in [0.4, 0.5) is 20.3 Å². The first-order chi connectivity index (χ1) is 18.4. The van der Waals surface area contributed by atoms with Gasteiger partial charge in [0.2, 0.25) is 5.82 Å². The van der Waals surface area contributed by atoms with Crippen molar-refractivity contribution in [2.75, 3.05) is 39.1 Å². The average molecular weight is 521 g/mol. The number of hydrogen-bond donors (Lipinski definition) is 2. The number of imidazole rings is 1. The number of rotatable bonds is 7. The van der Waals surface area contributed by atoms with Crippen LogP contribution in [0.2, 0.25) is 0 Å². The number of amides is 1. The first-order valence-corrected chi connectivity index (χ1v) is 12.5. The highest BCUT2D eigenvalue weighted by Gasteiger charge is 2.20. The van der Waals surface area contributed by atoms with E-state index in [2.05, 4.69) is 32.5 Å². The van der Waals surface area contributed by atoms with Gasteiger partial charge in [-0.1, -0.05) is 0 Å². The smallest absolute Gasteiger partial charge is 0.251 e. The van der Waals surface area contributed by atoms with Crippen molar-refractivity contribution in [3.05, 3.63) is 71.7 Å². The van der Waals surface area contributed by atoms with E-state index in [0.717, 1.165) is 37.2 Å². The molecule has 0 bridgehead atoms. The summed E-state index contributed by atoms with van der Waals surface area (Å²) >= 11 is 0. The van der Waals surface area contributed by atoms with Gasteiger partial charge in [-0.2, -0.15) is 4.39 Å². The number of aromatic nitrogens is 3. The number of carbonyl (C=O) groups excluding carboxylic acids is 1. The molecule has 198 valence electrons. The van der Waals surface area contributed by atoms with Crippen LogP contribution in [0.1, 0.15) is 28.8 Å². The van der Waals surface area contributed by atoms with Crippen LogP contribution in [-0.4, -0.2) is 59.0 Å². The van der Waals surface area contributed by atoms with Crippen LogP contribution in [0.5, 0.6) is 5.75 Å². The third-order valence-corrected chi connectivity index (χ3v) is 7.09. The van der Waals surface area contributed by atoms with Gasteiger partial charge in [-0.3, -0.25) is 9.20 Å². The number of aryl methyl sites for hydroxylation is 1. The second-order valence-electron chi connectivity index (χ2n) is 9.67. The van der Waals surface area contributed by atoms with Gasteiger partial charge in [0.1, 0.15) is 0 Å². The number of carbonyl (C=O) groups is 1. The second kappa shape index (κ2) is 10.7. The van der Waals surface area contributed by atoms with Crippen molar-refractivity contribution in [3.8, 4) is 17.0 Å². The van der Waals surface area contributed by atoms with E-state index in [1.165, 1.54) is 25.4 Å². The maximum Gasteiger partial charge on any atom is 0.251 e. The summed E-state index contributed by atoms with van der Waals surface area (Å²) < 4.78 is 35.6. The zero-order chi connectivity index (χ0) is 26.8. The third kappa shape index (κ3) is 5.04. The van der Waals surface area contributed by atoms with E-state index in [4.69, 9.17) is 4.74 Å². The topological polar surface area (TPSA) is 83.8 Å². The number of likely N-dealkylation sites (tertiary alicyclic amines) is 1. The molecule has 0 radical (unpaired) electrons. The summed E-state index contributed by atoms with van der Waals surface area (Å²) in [7, 11) is 3.41. The van der Waals surface area contributed by atoms with Gasteiger partial charge in [0.25, 0.3) is 5.91 Å². The molecule has 1 aliphatic heterocycles. The lowest BCUT2D eigenvalue weighted by Crippen LogP contribution is -2.37. The van der Waals surface area contributed by atoms with Crippen molar-refractivity contribution >= 4 is 23.1 Å². The van der Waals surface area contributed by atoms with Crippen LogP contribution in [0, 0.1) is 24.5 Å². The first-order valence-electron chi connectivity index (χ1n) is 12.5. The molecule has 2 N–H and O–H groups in total. The number of benzene rings is 2. The predicted molar refractivity (Wildman–Crippen MR) is 142 cm³/mol. The lowest BCUT2D eigenvalue weighted by atomic mass is 9.97. The minimum atomic E-state index is -1.06. The molecule has 38 heavy (non-hydrogen) atoms. The molecule has 0 spiro atoms. The van der Waals surface area contributed by atoms with Gasteiger partial charge in [0.15, 0.2) is 23.0 Å². The van der Waals surface area contributed by atoms with Crippen LogP contribution in [-0.2, 0) is 0 Å². The Balaban J connectivity index is 1.33. The predicted octanol–water partition coefficient (Wildman–Crippen LogP) is 4.81. The van der Waals surface area contributed by atoms with Crippen LogP contribution < -0.4 is 15.4 Å². The number of nitrogens with zero attached hydrogens (tertiary/aromatic N) is 4. The molecule has 4 aromatic rings. The number of nitrogens with one attached hydrogen (secondary N) is 2. The number of ether oxygens (including phenoxy) is 1. The number of fused-ring (bicyclic) bond motifs is 1. The highest BCUT2D eigenvalue weighted by molar-refractivity contribution is 5.96. The third-order valence-electron chi connectivity index (χ3n) is 7.09. The van der Waals surface area contributed by atoms with Gasteiger partial charge in [-0.05, 0) is 81.7 Å². The van der Waals surface area contributed by atoms with E-state index < -0.39 is 11.6 Å². The molecule has 5 rings (SSSR count). The normalized spacial score (nSPS) is 14.6. The van der Waals surface area contributed by atoms with Crippen LogP contribution in [0.3, 0.4) is 0 Å². The zero-order valence-corrected chi connectivity index (χ0v) is 21.6. The van der Waals surface area contributed by atoms with Gasteiger partial charge >= 0.3 is 0 Å². The SMILES string of the molecule is COc1ccc(-c2cnc3c(Nc4ccc(C(=O)NCC5CCN(C)CC5)c(C)c4)nccn23)c(F)c1F. The summed E-state index contributed by atoms with van der Waals surface area (Å²) in [5.41, 5.74) is 3.03.